The van der Waals surface area contributed by atoms with Crippen LogP contribution < -0.4 is 4.74 Å². The molecule has 1 aromatic heterocycles. The highest BCUT2D eigenvalue weighted by molar-refractivity contribution is 9.10. The van der Waals surface area contributed by atoms with Crippen molar-refractivity contribution in [1.82, 2.24) is 9.97 Å². The van der Waals surface area contributed by atoms with Crippen LogP contribution in [-0.2, 0) is 11.2 Å². The predicted molar refractivity (Wildman–Crippen MR) is 69.7 cm³/mol. The van der Waals surface area contributed by atoms with Crippen LogP contribution in [0.25, 0.3) is 10.9 Å². The molecule has 0 atom stereocenters. The smallest absolute Gasteiger partial charge is 0.341 e. The average molecular weight is 329 g/mol. The minimum absolute atomic E-state index is 0.0736. The van der Waals surface area contributed by atoms with Crippen LogP contribution in [0.2, 0.25) is 0 Å². The predicted octanol–water partition coefficient (Wildman–Crippen LogP) is 2.56. The minimum Gasteiger partial charge on any atom is -0.479 e. The fourth-order valence-corrected chi connectivity index (χ4v) is 2.00. The van der Waals surface area contributed by atoms with Crippen LogP contribution in [-0.4, -0.2) is 27.7 Å². The fraction of sp³-hybridized carbons (Fsp3) is 0.250. The summed E-state index contributed by atoms with van der Waals surface area (Å²) in [5.41, 5.74) is 0.121. The van der Waals surface area contributed by atoms with Crippen LogP contribution in [0, 0.1) is 5.82 Å². The first-order valence-corrected chi connectivity index (χ1v) is 6.30. The van der Waals surface area contributed by atoms with Crippen molar-refractivity contribution >= 4 is 32.8 Å². The number of ether oxygens (including phenoxy) is 1. The zero-order chi connectivity index (χ0) is 14.0. The highest BCUT2D eigenvalue weighted by atomic mass is 79.9. The number of carbonyl (C=O) groups is 1. The number of nitrogens with zero attached hydrogens (tertiary/aromatic N) is 2. The van der Waals surface area contributed by atoms with E-state index in [0.29, 0.717) is 22.1 Å². The molecule has 1 heterocycles. The Balaban J connectivity index is 2.61. The van der Waals surface area contributed by atoms with Crippen LogP contribution >= 0.6 is 15.9 Å². The molecule has 1 N–H and O–H groups in total. The normalized spacial score (nSPS) is 10.7. The fourth-order valence-electron chi connectivity index (χ4n) is 1.57. The molecule has 7 heteroatoms. The molecule has 19 heavy (non-hydrogen) atoms. The molecule has 0 spiro atoms. The van der Waals surface area contributed by atoms with E-state index < -0.39 is 18.4 Å². The Morgan fingerprint density at radius 2 is 2.21 bits per heavy atom. The lowest BCUT2D eigenvalue weighted by atomic mass is 10.2. The third-order valence-electron chi connectivity index (χ3n) is 2.38. The van der Waals surface area contributed by atoms with Gasteiger partial charge in [0.2, 0.25) is 5.88 Å². The van der Waals surface area contributed by atoms with Gasteiger partial charge in [-0.1, -0.05) is 22.9 Å². The van der Waals surface area contributed by atoms with E-state index in [4.69, 9.17) is 9.84 Å². The highest BCUT2D eigenvalue weighted by Crippen LogP contribution is 2.28. The van der Waals surface area contributed by atoms with E-state index >= 15 is 0 Å². The second-order valence-corrected chi connectivity index (χ2v) is 4.68. The van der Waals surface area contributed by atoms with Gasteiger partial charge in [-0.3, -0.25) is 0 Å². The Morgan fingerprint density at radius 1 is 1.47 bits per heavy atom. The average Bonchev–Trinajstić information content (AvgIpc) is 2.36. The van der Waals surface area contributed by atoms with E-state index in [1.807, 2.05) is 6.92 Å². The standard InChI is InChI=1S/C12H10BrFN2O3/c1-2-9-15-11-7(3-6(13)4-8(11)14)12(16-9)19-5-10(17)18/h3-4H,2,5H2,1H3,(H,17,18). The number of benzene rings is 1. The molecule has 0 bridgehead atoms. The van der Waals surface area contributed by atoms with E-state index in [1.165, 1.54) is 6.07 Å². The second-order valence-electron chi connectivity index (χ2n) is 3.76. The van der Waals surface area contributed by atoms with Crippen molar-refractivity contribution < 1.29 is 19.0 Å². The quantitative estimate of drug-likeness (QED) is 0.933. The molecule has 5 nitrogen and oxygen atoms in total. The monoisotopic (exact) mass is 328 g/mol. The zero-order valence-electron chi connectivity index (χ0n) is 9.98. The number of hydrogen-bond donors (Lipinski definition) is 1. The van der Waals surface area contributed by atoms with Crippen LogP contribution in [0.5, 0.6) is 5.88 Å². The Labute approximate surface area is 116 Å². The van der Waals surface area contributed by atoms with Crippen molar-refractivity contribution in [2.45, 2.75) is 13.3 Å². The van der Waals surface area contributed by atoms with Gasteiger partial charge in [0.05, 0.1) is 5.39 Å². The Hall–Kier alpha value is -1.76. The topological polar surface area (TPSA) is 72.3 Å². The molecule has 2 aromatic rings. The molecule has 1 aromatic carbocycles. The van der Waals surface area contributed by atoms with Gasteiger partial charge in [-0.25, -0.2) is 14.2 Å². The van der Waals surface area contributed by atoms with Crippen LogP contribution in [0.15, 0.2) is 16.6 Å². The molecule has 100 valence electrons. The van der Waals surface area contributed by atoms with Gasteiger partial charge in [0.25, 0.3) is 0 Å². The number of aliphatic carboxylic acids is 1. The van der Waals surface area contributed by atoms with Crippen molar-refractivity contribution in [3.8, 4) is 5.88 Å². The molecular weight excluding hydrogens is 319 g/mol. The highest BCUT2D eigenvalue weighted by Gasteiger charge is 2.14. The summed E-state index contributed by atoms with van der Waals surface area (Å²) < 4.78 is 19.5. The molecule has 0 aliphatic rings. The van der Waals surface area contributed by atoms with Crippen molar-refractivity contribution in [2.75, 3.05) is 6.61 Å². The Kier molecular flexibility index (Phi) is 3.94. The lowest BCUT2D eigenvalue weighted by Crippen LogP contribution is -2.11. The van der Waals surface area contributed by atoms with Crippen LogP contribution in [0.1, 0.15) is 12.7 Å². The number of aryl methyl sites for hydroxylation is 1. The van der Waals surface area contributed by atoms with E-state index in [-0.39, 0.29) is 11.4 Å². The van der Waals surface area contributed by atoms with Crippen LogP contribution in [0.3, 0.4) is 0 Å². The number of carboxylic acid groups (broad SMARTS) is 1. The Bertz CT molecular complexity index is 648. The van der Waals surface area contributed by atoms with E-state index in [0.717, 1.165) is 0 Å². The third kappa shape index (κ3) is 2.98. The van der Waals surface area contributed by atoms with Gasteiger partial charge in [-0.15, -0.1) is 0 Å². The van der Waals surface area contributed by atoms with E-state index in [9.17, 15) is 9.18 Å². The van der Waals surface area contributed by atoms with Crippen molar-refractivity contribution in [1.29, 1.82) is 0 Å². The maximum atomic E-state index is 13.9. The second kappa shape index (κ2) is 5.48. The van der Waals surface area contributed by atoms with Crippen LogP contribution in [0.4, 0.5) is 4.39 Å². The summed E-state index contributed by atoms with van der Waals surface area (Å²) in [6, 6.07) is 2.88. The van der Waals surface area contributed by atoms with Gasteiger partial charge in [0, 0.05) is 10.9 Å². The lowest BCUT2D eigenvalue weighted by Gasteiger charge is -2.09. The third-order valence-corrected chi connectivity index (χ3v) is 2.84. The van der Waals surface area contributed by atoms with Gasteiger partial charge in [-0.05, 0) is 12.1 Å². The summed E-state index contributed by atoms with van der Waals surface area (Å²) >= 11 is 3.17. The van der Waals surface area contributed by atoms with Gasteiger partial charge in [-0.2, -0.15) is 4.98 Å². The van der Waals surface area contributed by atoms with E-state index in [2.05, 4.69) is 25.9 Å². The van der Waals surface area contributed by atoms with E-state index in [1.54, 1.807) is 6.07 Å². The zero-order valence-corrected chi connectivity index (χ0v) is 11.6. The lowest BCUT2D eigenvalue weighted by molar-refractivity contribution is -0.139. The Morgan fingerprint density at radius 3 is 2.84 bits per heavy atom. The molecule has 2 rings (SSSR count). The molecule has 0 saturated carbocycles. The van der Waals surface area contributed by atoms with Crippen molar-refractivity contribution in [2.24, 2.45) is 0 Å². The maximum absolute atomic E-state index is 13.9. The molecule has 0 aliphatic carbocycles. The number of aromatic nitrogens is 2. The summed E-state index contributed by atoms with van der Waals surface area (Å²) in [5.74, 6) is -1.17. The number of carboxylic acids is 1. The number of hydrogen-bond acceptors (Lipinski definition) is 4. The number of halogens is 2. The summed E-state index contributed by atoms with van der Waals surface area (Å²) in [4.78, 5) is 18.7. The largest absolute Gasteiger partial charge is 0.479 e. The van der Waals surface area contributed by atoms with Crippen molar-refractivity contribution in [3.63, 3.8) is 0 Å². The number of fused-ring (bicyclic) bond motifs is 1. The van der Waals surface area contributed by atoms with Crippen molar-refractivity contribution in [3.05, 3.63) is 28.2 Å². The number of rotatable bonds is 4. The molecule has 0 unspecified atom stereocenters. The van der Waals surface area contributed by atoms with Gasteiger partial charge >= 0.3 is 5.97 Å². The molecular formula is C12H10BrFN2O3. The first-order valence-electron chi connectivity index (χ1n) is 5.51. The summed E-state index contributed by atoms with van der Waals surface area (Å²) in [7, 11) is 0. The molecule has 0 radical (unpaired) electrons. The molecule has 0 saturated heterocycles. The molecule has 0 fully saturated rings. The van der Waals surface area contributed by atoms with Gasteiger partial charge < -0.3 is 9.84 Å². The molecule has 0 amide bonds. The summed E-state index contributed by atoms with van der Waals surface area (Å²) in [6.45, 7) is 1.28. The SMILES string of the molecule is CCc1nc(OCC(=O)O)c2cc(Br)cc(F)c2n1. The maximum Gasteiger partial charge on any atom is 0.341 e. The summed E-state index contributed by atoms with van der Waals surface area (Å²) in [5, 5.41) is 8.97. The summed E-state index contributed by atoms with van der Waals surface area (Å²) in [6.07, 6.45) is 0.495. The first kappa shape index (κ1) is 13.7. The molecule has 0 aliphatic heterocycles. The first-order chi connectivity index (χ1) is 9.01. The van der Waals surface area contributed by atoms with Gasteiger partial charge in [0.1, 0.15) is 11.3 Å². The minimum atomic E-state index is -1.12. The van der Waals surface area contributed by atoms with Gasteiger partial charge in [0.15, 0.2) is 12.4 Å².